The summed E-state index contributed by atoms with van der Waals surface area (Å²) in [6.45, 7) is 2.91. The summed E-state index contributed by atoms with van der Waals surface area (Å²) in [6, 6.07) is 7.66. The zero-order valence-corrected chi connectivity index (χ0v) is 11.5. The van der Waals surface area contributed by atoms with Gasteiger partial charge in [-0.3, -0.25) is 4.79 Å². The highest BCUT2D eigenvalue weighted by Gasteiger charge is 2.48. The van der Waals surface area contributed by atoms with Crippen LogP contribution >= 0.6 is 0 Å². The molecule has 2 N–H and O–H groups in total. The maximum Gasteiger partial charge on any atom is 0.230 e. The van der Waals surface area contributed by atoms with Gasteiger partial charge in [-0.1, -0.05) is 6.92 Å². The van der Waals surface area contributed by atoms with Crippen LogP contribution in [0.15, 0.2) is 24.3 Å². The molecule has 3 rings (SSSR count). The largest absolute Gasteiger partial charge is 0.399 e. The van der Waals surface area contributed by atoms with E-state index in [0.717, 1.165) is 49.0 Å². The number of nitrogens with two attached hydrogens (primary N) is 1. The number of carbonyl (C=O) groups excluding carboxylic acids is 1. The summed E-state index contributed by atoms with van der Waals surface area (Å²) in [6.07, 6.45) is 4.56. The highest BCUT2D eigenvalue weighted by Crippen LogP contribution is 2.54. The molecule has 3 heteroatoms. The molecule has 0 aromatic heterocycles. The molecular formula is C16H22N2O. The van der Waals surface area contributed by atoms with Crippen molar-refractivity contribution in [2.24, 2.45) is 17.8 Å². The van der Waals surface area contributed by atoms with Crippen LogP contribution in [-0.4, -0.2) is 12.5 Å². The van der Waals surface area contributed by atoms with Crippen molar-refractivity contribution >= 4 is 17.3 Å². The van der Waals surface area contributed by atoms with Gasteiger partial charge in [-0.25, -0.2) is 0 Å². The number of carbonyl (C=O) groups is 1. The van der Waals surface area contributed by atoms with Crippen LogP contribution in [0.1, 0.15) is 32.6 Å². The Morgan fingerprint density at radius 1 is 1.21 bits per heavy atom. The van der Waals surface area contributed by atoms with Crippen molar-refractivity contribution in [2.75, 3.05) is 17.2 Å². The number of hydrogen-bond acceptors (Lipinski definition) is 2. The van der Waals surface area contributed by atoms with Gasteiger partial charge in [-0.2, -0.15) is 0 Å². The van der Waals surface area contributed by atoms with E-state index in [2.05, 4.69) is 6.92 Å². The van der Waals surface area contributed by atoms with Gasteiger partial charge in [0.05, 0.1) is 0 Å². The molecular weight excluding hydrogens is 236 g/mol. The third-order valence-corrected chi connectivity index (χ3v) is 4.51. The van der Waals surface area contributed by atoms with Crippen molar-refractivity contribution in [2.45, 2.75) is 32.6 Å². The van der Waals surface area contributed by atoms with Crippen LogP contribution in [0.2, 0.25) is 0 Å². The van der Waals surface area contributed by atoms with Crippen molar-refractivity contribution in [1.82, 2.24) is 0 Å². The summed E-state index contributed by atoms with van der Waals surface area (Å²) in [5.41, 5.74) is 7.45. The lowest BCUT2D eigenvalue weighted by molar-refractivity contribution is -0.122. The molecule has 0 heterocycles. The fourth-order valence-corrected chi connectivity index (χ4v) is 3.38. The molecule has 19 heavy (non-hydrogen) atoms. The van der Waals surface area contributed by atoms with Gasteiger partial charge in [0.2, 0.25) is 5.91 Å². The topological polar surface area (TPSA) is 46.3 Å². The Kier molecular flexibility index (Phi) is 3.21. The van der Waals surface area contributed by atoms with Gasteiger partial charge in [0, 0.05) is 23.8 Å². The van der Waals surface area contributed by atoms with E-state index in [-0.39, 0.29) is 5.92 Å². The number of hydrogen-bond donors (Lipinski definition) is 1. The van der Waals surface area contributed by atoms with E-state index in [1.807, 2.05) is 29.2 Å². The Hall–Kier alpha value is -1.51. The molecule has 1 aromatic carbocycles. The zero-order valence-electron chi connectivity index (χ0n) is 11.5. The lowest BCUT2D eigenvalue weighted by Gasteiger charge is -2.26. The predicted molar refractivity (Wildman–Crippen MR) is 77.8 cm³/mol. The molecule has 2 saturated carbocycles. The fourth-order valence-electron chi connectivity index (χ4n) is 3.38. The van der Waals surface area contributed by atoms with Gasteiger partial charge in [0.15, 0.2) is 0 Å². The molecule has 1 aromatic rings. The van der Waals surface area contributed by atoms with Gasteiger partial charge in [0.25, 0.3) is 0 Å². The number of rotatable bonds is 4. The predicted octanol–water partition coefficient (Wildman–Crippen LogP) is 3.06. The number of fused-ring (bicyclic) bond motifs is 1. The first-order valence-corrected chi connectivity index (χ1v) is 7.36. The Bertz CT molecular complexity index is 458. The Balaban J connectivity index is 1.75. The molecule has 2 fully saturated rings. The molecule has 0 spiro atoms. The number of nitrogen functional groups attached to an aromatic ring is 1. The Labute approximate surface area is 114 Å². The number of benzene rings is 1. The second-order valence-corrected chi connectivity index (χ2v) is 6.01. The first-order valence-electron chi connectivity index (χ1n) is 7.36. The summed E-state index contributed by atoms with van der Waals surface area (Å²) >= 11 is 0. The lowest BCUT2D eigenvalue weighted by atomic mass is 10.0. The summed E-state index contributed by atoms with van der Waals surface area (Å²) in [5.74, 6) is 2.28. The molecule has 0 aliphatic heterocycles. The molecule has 2 aliphatic rings. The zero-order chi connectivity index (χ0) is 13.4. The van der Waals surface area contributed by atoms with E-state index in [0.29, 0.717) is 5.91 Å². The van der Waals surface area contributed by atoms with Crippen LogP contribution in [0.25, 0.3) is 0 Å². The third kappa shape index (κ3) is 2.46. The molecule has 1 amide bonds. The lowest BCUT2D eigenvalue weighted by Crippen LogP contribution is -2.36. The standard InChI is InChI=1S/C16H22N2O/c1-2-7-18(15-5-3-14(17)4-6-15)16(19)13-9-11-8-12(11)10-13/h3-6,11-13H,2,7-10,17H2,1H3. The van der Waals surface area contributed by atoms with E-state index in [1.54, 1.807) is 0 Å². The first kappa shape index (κ1) is 12.5. The molecule has 0 radical (unpaired) electrons. The van der Waals surface area contributed by atoms with Crippen molar-refractivity contribution in [3.63, 3.8) is 0 Å². The first-order chi connectivity index (χ1) is 9.19. The van der Waals surface area contributed by atoms with Crippen LogP contribution in [0, 0.1) is 17.8 Å². The van der Waals surface area contributed by atoms with Crippen LogP contribution in [0.3, 0.4) is 0 Å². The Morgan fingerprint density at radius 3 is 2.42 bits per heavy atom. The maximum absolute atomic E-state index is 12.7. The van der Waals surface area contributed by atoms with Gasteiger partial charge >= 0.3 is 0 Å². The smallest absolute Gasteiger partial charge is 0.230 e. The van der Waals surface area contributed by atoms with Crippen LogP contribution in [0.4, 0.5) is 11.4 Å². The van der Waals surface area contributed by atoms with E-state index in [4.69, 9.17) is 5.73 Å². The van der Waals surface area contributed by atoms with Crippen molar-refractivity contribution < 1.29 is 4.79 Å². The normalized spacial score (nSPS) is 27.9. The molecule has 2 unspecified atom stereocenters. The molecule has 0 saturated heterocycles. The van der Waals surface area contributed by atoms with Crippen LogP contribution in [0.5, 0.6) is 0 Å². The third-order valence-electron chi connectivity index (χ3n) is 4.51. The van der Waals surface area contributed by atoms with Gasteiger partial charge in [0.1, 0.15) is 0 Å². The molecule has 2 atom stereocenters. The minimum Gasteiger partial charge on any atom is -0.399 e. The van der Waals surface area contributed by atoms with Crippen molar-refractivity contribution in [3.8, 4) is 0 Å². The number of nitrogens with zero attached hydrogens (tertiary/aromatic N) is 1. The molecule has 3 nitrogen and oxygen atoms in total. The highest BCUT2D eigenvalue weighted by molar-refractivity contribution is 5.95. The second-order valence-electron chi connectivity index (χ2n) is 6.01. The minimum atomic E-state index is 0.257. The number of amides is 1. The molecule has 2 aliphatic carbocycles. The van der Waals surface area contributed by atoms with Crippen molar-refractivity contribution in [1.29, 1.82) is 0 Å². The quantitative estimate of drug-likeness (QED) is 0.844. The summed E-state index contributed by atoms with van der Waals surface area (Å²) < 4.78 is 0. The average molecular weight is 258 g/mol. The van der Waals surface area contributed by atoms with Gasteiger partial charge in [-0.15, -0.1) is 0 Å². The monoisotopic (exact) mass is 258 g/mol. The minimum absolute atomic E-state index is 0.257. The molecule has 0 bridgehead atoms. The van der Waals surface area contributed by atoms with Gasteiger partial charge in [-0.05, 0) is 61.8 Å². The highest BCUT2D eigenvalue weighted by atomic mass is 16.2. The second kappa shape index (κ2) is 4.87. The van der Waals surface area contributed by atoms with Crippen molar-refractivity contribution in [3.05, 3.63) is 24.3 Å². The summed E-state index contributed by atoms with van der Waals surface area (Å²) in [5, 5.41) is 0. The van der Waals surface area contributed by atoms with E-state index in [1.165, 1.54) is 6.42 Å². The van der Waals surface area contributed by atoms with Crippen LogP contribution < -0.4 is 10.6 Å². The number of anilines is 2. The van der Waals surface area contributed by atoms with E-state index >= 15 is 0 Å². The average Bonchev–Trinajstić information content (AvgIpc) is 3.03. The van der Waals surface area contributed by atoms with E-state index in [9.17, 15) is 4.79 Å². The summed E-state index contributed by atoms with van der Waals surface area (Å²) in [4.78, 5) is 14.6. The van der Waals surface area contributed by atoms with Crippen LogP contribution in [-0.2, 0) is 4.79 Å². The van der Waals surface area contributed by atoms with E-state index < -0.39 is 0 Å². The fraction of sp³-hybridized carbons (Fsp3) is 0.562. The molecule has 102 valence electrons. The SMILES string of the molecule is CCCN(C(=O)C1CC2CC2C1)c1ccc(N)cc1. The summed E-state index contributed by atoms with van der Waals surface area (Å²) in [7, 11) is 0. The maximum atomic E-state index is 12.7. The van der Waals surface area contributed by atoms with Gasteiger partial charge < -0.3 is 10.6 Å². The Morgan fingerprint density at radius 2 is 1.84 bits per heavy atom.